The quantitative estimate of drug-likeness (QED) is 0.141. The van der Waals surface area contributed by atoms with E-state index < -0.39 is 73.4 Å². The van der Waals surface area contributed by atoms with Gasteiger partial charge in [0.05, 0.1) is 19.3 Å². The number of carbonyl (C=O) groups is 6. The normalized spacial score (nSPS) is 11.7. The monoisotopic (exact) mass is 498 g/mol. The van der Waals surface area contributed by atoms with Crippen molar-refractivity contribution < 1.29 is 118 Å². The van der Waals surface area contributed by atoms with Gasteiger partial charge in [-0.15, -0.1) is 0 Å². The Balaban J connectivity index is -0.0000000960. The molecule has 0 radical (unpaired) electrons. The Morgan fingerprint density at radius 3 is 0.621 bits per heavy atom. The van der Waals surface area contributed by atoms with Crippen molar-refractivity contribution in [1.29, 1.82) is 0 Å². The number of carboxylic acids is 6. The summed E-state index contributed by atoms with van der Waals surface area (Å²) in [7, 11) is 0. The van der Waals surface area contributed by atoms with E-state index in [9.17, 15) is 28.8 Å². The van der Waals surface area contributed by atoms with Gasteiger partial charge in [0, 0.05) is 43.4 Å². The Labute approximate surface area is 191 Å². The van der Waals surface area contributed by atoms with E-state index in [1.165, 1.54) is 0 Å². The Bertz CT molecular complexity index is 473. The summed E-state index contributed by atoms with van der Waals surface area (Å²) < 4.78 is 0. The Kier molecular flexibility index (Phi) is 27.2. The molecular formula is C12H18O15Ti2. The summed E-state index contributed by atoms with van der Waals surface area (Å²) in [6, 6.07) is 0. The minimum Gasteiger partial charge on any atom is -0.481 e. The maximum Gasteiger partial charge on any atom is 0.333 e. The van der Waals surface area contributed by atoms with Gasteiger partial charge in [0.2, 0.25) is 0 Å². The van der Waals surface area contributed by atoms with Crippen LogP contribution in [-0.4, -0.2) is 100 Å². The first kappa shape index (κ1) is 37.8. The Morgan fingerprint density at radius 2 is 0.586 bits per heavy atom. The predicted molar refractivity (Wildman–Crippen MR) is 77.7 cm³/mol. The van der Waals surface area contributed by atoms with E-state index in [1.807, 2.05) is 0 Å². The van der Waals surface area contributed by atoms with Crippen LogP contribution >= 0.6 is 0 Å². The van der Waals surface area contributed by atoms with Crippen molar-refractivity contribution in [2.45, 2.75) is 37.6 Å². The molecule has 29 heavy (non-hydrogen) atoms. The molecule has 3 atom stereocenters. The molecule has 0 heterocycles. The van der Waals surface area contributed by atoms with Crippen LogP contribution in [0.1, 0.15) is 19.3 Å². The van der Waals surface area contributed by atoms with Crippen LogP contribution in [-0.2, 0) is 72.2 Å². The molecule has 0 aliphatic carbocycles. The number of hydrogen-bond acceptors (Lipinski definition) is 9. The van der Waals surface area contributed by atoms with Crippen LogP contribution in [0.4, 0.5) is 0 Å². The van der Waals surface area contributed by atoms with Crippen LogP contribution in [0.2, 0.25) is 0 Å². The van der Waals surface area contributed by atoms with Gasteiger partial charge in [0.25, 0.3) is 0 Å². The molecule has 164 valence electrons. The van der Waals surface area contributed by atoms with E-state index in [1.54, 1.807) is 0 Å². The SMILES string of the molecule is O=C(O)CC(O)C(=O)O.O=C(O)CC(O)C(=O)O.O=C(O)CC(O)C(=O)O.[Ti].[Ti]. The van der Waals surface area contributed by atoms with Crippen molar-refractivity contribution in [2.24, 2.45) is 0 Å². The summed E-state index contributed by atoms with van der Waals surface area (Å²) in [4.78, 5) is 58.2. The van der Waals surface area contributed by atoms with Crippen molar-refractivity contribution in [3.05, 3.63) is 0 Å². The fourth-order valence-electron chi connectivity index (χ4n) is 0.758. The van der Waals surface area contributed by atoms with Gasteiger partial charge < -0.3 is 46.0 Å². The first-order chi connectivity index (χ1) is 12.1. The molecule has 0 amide bonds. The molecular weight excluding hydrogens is 480 g/mol. The number of aliphatic carboxylic acids is 6. The Hall–Kier alpha value is -1.87. The third kappa shape index (κ3) is 31.1. The van der Waals surface area contributed by atoms with E-state index in [0.717, 1.165) is 0 Å². The van der Waals surface area contributed by atoms with Gasteiger partial charge in [-0.2, -0.15) is 0 Å². The van der Waals surface area contributed by atoms with E-state index in [4.69, 9.17) is 46.0 Å². The standard InChI is InChI=1S/3C4H6O5.2Ti/c3*5-2(4(8)9)1-3(6)7;;/h3*2,5H,1H2,(H,6,7)(H,8,9);;. The van der Waals surface area contributed by atoms with Crippen molar-refractivity contribution in [3.8, 4) is 0 Å². The van der Waals surface area contributed by atoms with Crippen LogP contribution < -0.4 is 0 Å². The van der Waals surface area contributed by atoms with Gasteiger partial charge in [-0.05, 0) is 0 Å². The summed E-state index contributed by atoms with van der Waals surface area (Å²) in [6.07, 6.45) is -7.63. The summed E-state index contributed by atoms with van der Waals surface area (Å²) in [5.74, 6) is -8.54. The van der Waals surface area contributed by atoms with Crippen LogP contribution in [0.5, 0.6) is 0 Å². The van der Waals surface area contributed by atoms with E-state index in [2.05, 4.69) is 0 Å². The molecule has 3 unspecified atom stereocenters. The third-order valence-electron chi connectivity index (χ3n) is 1.96. The zero-order valence-electron chi connectivity index (χ0n) is 14.3. The average Bonchev–Trinajstić information content (AvgIpc) is 2.46. The van der Waals surface area contributed by atoms with E-state index >= 15 is 0 Å². The predicted octanol–water partition coefficient (Wildman–Crippen LogP) is -3.29. The fourth-order valence-corrected chi connectivity index (χ4v) is 0.758. The molecule has 0 aromatic heterocycles. The molecule has 15 nitrogen and oxygen atoms in total. The van der Waals surface area contributed by atoms with Crippen molar-refractivity contribution >= 4 is 35.8 Å². The maximum atomic E-state index is 9.72. The maximum absolute atomic E-state index is 9.72. The summed E-state index contributed by atoms with van der Waals surface area (Å²) >= 11 is 0. The van der Waals surface area contributed by atoms with Crippen LogP contribution in [0.25, 0.3) is 0 Å². The van der Waals surface area contributed by atoms with Gasteiger partial charge in [0.15, 0.2) is 18.3 Å². The van der Waals surface area contributed by atoms with Crippen LogP contribution in [0.3, 0.4) is 0 Å². The van der Waals surface area contributed by atoms with Crippen molar-refractivity contribution in [2.75, 3.05) is 0 Å². The first-order valence-corrected chi connectivity index (χ1v) is 6.49. The molecule has 0 saturated heterocycles. The number of aliphatic hydroxyl groups is 3. The molecule has 0 aliphatic heterocycles. The number of rotatable bonds is 9. The van der Waals surface area contributed by atoms with Gasteiger partial charge in [-0.25, -0.2) is 14.4 Å². The zero-order valence-corrected chi connectivity index (χ0v) is 17.5. The molecule has 0 rings (SSSR count). The van der Waals surface area contributed by atoms with Crippen molar-refractivity contribution in [1.82, 2.24) is 0 Å². The molecule has 0 aliphatic rings. The van der Waals surface area contributed by atoms with Crippen LogP contribution in [0.15, 0.2) is 0 Å². The molecule has 0 spiro atoms. The van der Waals surface area contributed by atoms with Gasteiger partial charge in [0.1, 0.15) is 0 Å². The second-order valence-corrected chi connectivity index (χ2v) is 4.36. The van der Waals surface area contributed by atoms with Crippen molar-refractivity contribution in [3.63, 3.8) is 0 Å². The van der Waals surface area contributed by atoms with Crippen LogP contribution in [0, 0.1) is 0 Å². The van der Waals surface area contributed by atoms with E-state index in [-0.39, 0.29) is 43.4 Å². The minimum absolute atomic E-state index is 0. The second-order valence-electron chi connectivity index (χ2n) is 4.36. The summed E-state index contributed by atoms with van der Waals surface area (Å²) in [5.41, 5.74) is 0. The second kappa shape index (κ2) is 20.9. The molecule has 17 heteroatoms. The summed E-state index contributed by atoms with van der Waals surface area (Å²) in [5, 5.41) is 72.4. The Morgan fingerprint density at radius 1 is 0.448 bits per heavy atom. The fraction of sp³-hybridized carbons (Fsp3) is 0.500. The zero-order chi connectivity index (χ0) is 22.3. The summed E-state index contributed by atoms with van der Waals surface area (Å²) in [6.45, 7) is 0. The number of carboxylic acid groups (broad SMARTS) is 6. The third-order valence-corrected chi connectivity index (χ3v) is 1.96. The van der Waals surface area contributed by atoms with Gasteiger partial charge in [-0.1, -0.05) is 0 Å². The molecule has 0 saturated carbocycles. The molecule has 0 aromatic rings. The molecule has 0 fully saturated rings. The largest absolute Gasteiger partial charge is 0.481 e. The average molecular weight is 498 g/mol. The number of hydrogen-bond donors (Lipinski definition) is 9. The van der Waals surface area contributed by atoms with Gasteiger partial charge in [-0.3, -0.25) is 14.4 Å². The molecule has 0 bridgehead atoms. The number of aliphatic hydroxyl groups excluding tert-OH is 3. The van der Waals surface area contributed by atoms with Gasteiger partial charge >= 0.3 is 35.8 Å². The topological polar surface area (TPSA) is 284 Å². The smallest absolute Gasteiger partial charge is 0.333 e. The minimum atomic E-state index is -1.79. The molecule has 9 N–H and O–H groups in total. The van der Waals surface area contributed by atoms with E-state index in [0.29, 0.717) is 0 Å². The first-order valence-electron chi connectivity index (χ1n) is 6.49. The molecule has 0 aromatic carbocycles.